The molecule has 11 heteroatoms. The lowest BCUT2D eigenvalue weighted by Gasteiger charge is -2.43. The van der Waals surface area contributed by atoms with Crippen LogP contribution in [0.2, 0.25) is 0 Å². The smallest absolute Gasteiger partial charge is 0.338 e. The largest absolute Gasteiger partial charge is 0.497 e. The van der Waals surface area contributed by atoms with Gasteiger partial charge in [0, 0.05) is 12.3 Å². The molecule has 10 atom stereocenters. The van der Waals surface area contributed by atoms with E-state index < -0.39 is 73.1 Å². The zero-order valence-electron chi connectivity index (χ0n) is 18.8. The predicted octanol–water partition coefficient (Wildman–Crippen LogP) is -0.706. The van der Waals surface area contributed by atoms with E-state index in [1.54, 1.807) is 37.3 Å². The summed E-state index contributed by atoms with van der Waals surface area (Å²) in [6.07, 6.45) is -6.05. The predicted molar refractivity (Wildman–Crippen MR) is 113 cm³/mol. The average molecular weight is 482 g/mol. The van der Waals surface area contributed by atoms with Crippen LogP contribution in [0.15, 0.2) is 36.6 Å². The highest BCUT2D eigenvalue weighted by molar-refractivity contribution is 5.89. The van der Waals surface area contributed by atoms with Crippen molar-refractivity contribution in [2.24, 2.45) is 11.8 Å². The minimum absolute atomic E-state index is 0.104. The molecule has 188 valence electrons. The van der Waals surface area contributed by atoms with Crippen molar-refractivity contribution in [2.75, 3.05) is 13.7 Å². The molecule has 1 aliphatic carbocycles. The summed E-state index contributed by atoms with van der Waals surface area (Å²) in [5.74, 6) is -1.14. The molecular weight excluding hydrogens is 452 g/mol. The minimum atomic E-state index is -1.62. The Kier molecular flexibility index (Phi) is 7.15. The van der Waals surface area contributed by atoms with Crippen molar-refractivity contribution >= 4 is 5.97 Å². The molecule has 0 unspecified atom stereocenters. The molecule has 0 amide bonds. The Labute approximate surface area is 196 Å². The first kappa shape index (κ1) is 24.9. The first-order valence-corrected chi connectivity index (χ1v) is 11.0. The van der Waals surface area contributed by atoms with Crippen molar-refractivity contribution in [3.63, 3.8) is 0 Å². The molecule has 3 aliphatic rings. The highest BCUT2D eigenvalue weighted by Gasteiger charge is 2.58. The fourth-order valence-electron chi connectivity index (χ4n) is 4.82. The van der Waals surface area contributed by atoms with Crippen molar-refractivity contribution in [2.45, 2.75) is 62.0 Å². The van der Waals surface area contributed by atoms with E-state index in [0.29, 0.717) is 11.3 Å². The van der Waals surface area contributed by atoms with E-state index in [1.165, 1.54) is 13.4 Å². The molecule has 4 rings (SSSR count). The Morgan fingerprint density at radius 2 is 1.82 bits per heavy atom. The van der Waals surface area contributed by atoms with Crippen LogP contribution >= 0.6 is 0 Å². The number of rotatable bonds is 6. The van der Waals surface area contributed by atoms with Gasteiger partial charge in [0.15, 0.2) is 6.29 Å². The molecule has 1 saturated heterocycles. The van der Waals surface area contributed by atoms with Crippen LogP contribution in [0.4, 0.5) is 0 Å². The number of hydrogen-bond acceptors (Lipinski definition) is 11. The van der Waals surface area contributed by atoms with Gasteiger partial charge in [-0.2, -0.15) is 0 Å². The van der Waals surface area contributed by atoms with Gasteiger partial charge in [0.1, 0.15) is 36.3 Å². The standard InChI is InChI=1S/C23H30O11/c1-23(29)9-14(32-20(28)11-3-5-12(30-2)6-4-11)13-7-8-31-21(16(13)23)34-22-19(27)18(26)17(25)15(10-24)33-22/h3-8,13-19,21-22,24-27,29H,9-10H2,1-2H3/t13-,14-,15-,16-,17-,18+,19-,21+,22+,23+/m1/s1. The van der Waals surface area contributed by atoms with Gasteiger partial charge in [0.05, 0.1) is 37.1 Å². The number of aliphatic hydroxyl groups excluding tert-OH is 4. The summed E-state index contributed by atoms with van der Waals surface area (Å²) >= 11 is 0. The lowest BCUT2D eigenvalue weighted by molar-refractivity contribution is -0.346. The van der Waals surface area contributed by atoms with Gasteiger partial charge in [-0.1, -0.05) is 0 Å². The summed E-state index contributed by atoms with van der Waals surface area (Å²) in [5.41, 5.74) is -1.05. The van der Waals surface area contributed by atoms with Crippen LogP contribution in [0, 0.1) is 11.8 Å². The van der Waals surface area contributed by atoms with Crippen LogP contribution in [0.5, 0.6) is 5.75 Å². The van der Waals surface area contributed by atoms with E-state index >= 15 is 0 Å². The van der Waals surface area contributed by atoms with Crippen molar-refractivity contribution < 1.29 is 54.0 Å². The van der Waals surface area contributed by atoms with Crippen molar-refractivity contribution in [3.05, 3.63) is 42.2 Å². The number of esters is 1. The zero-order chi connectivity index (χ0) is 24.6. The van der Waals surface area contributed by atoms with Gasteiger partial charge in [-0.25, -0.2) is 4.79 Å². The quantitative estimate of drug-likeness (QED) is 0.326. The fraction of sp³-hybridized carbons (Fsp3) is 0.609. The van der Waals surface area contributed by atoms with Crippen LogP contribution in [-0.4, -0.2) is 93.9 Å². The second-order valence-electron chi connectivity index (χ2n) is 9.00. The van der Waals surface area contributed by atoms with E-state index in [-0.39, 0.29) is 6.42 Å². The monoisotopic (exact) mass is 482 g/mol. The third kappa shape index (κ3) is 4.65. The van der Waals surface area contributed by atoms with Gasteiger partial charge in [0.25, 0.3) is 0 Å². The minimum Gasteiger partial charge on any atom is -0.497 e. The van der Waals surface area contributed by atoms with Gasteiger partial charge >= 0.3 is 5.97 Å². The Hall–Kier alpha value is -2.25. The first-order chi connectivity index (χ1) is 16.2. The molecule has 2 heterocycles. The highest BCUT2D eigenvalue weighted by Crippen LogP contribution is 2.48. The van der Waals surface area contributed by atoms with Crippen LogP contribution in [-0.2, 0) is 18.9 Å². The maximum absolute atomic E-state index is 12.7. The van der Waals surface area contributed by atoms with Crippen LogP contribution in [0.3, 0.4) is 0 Å². The molecule has 0 bridgehead atoms. The fourth-order valence-corrected chi connectivity index (χ4v) is 4.82. The maximum Gasteiger partial charge on any atom is 0.338 e. The van der Waals surface area contributed by atoms with Crippen molar-refractivity contribution in [1.82, 2.24) is 0 Å². The number of carbonyl (C=O) groups excluding carboxylic acids is 1. The second kappa shape index (κ2) is 9.78. The Bertz CT molecular complexity index is 883. The second-order valence-corrected chi connectivity index (χ2v) is 9.00. The lowest BCUT2D eigenvalue weighted by Crippen LogP contribution is -2.60. The third-order valence-electron chi connectivity index (χ3n) is 6.68. The van der Waals surface area contributed by atoms with Gasteiger partial charge in [-0.15, -0.1) is 0 Å². The maximum atomic E-state index is 12.7. The molecular formula is C23H30O11. The number of ether oxygens (including phenoxy) is 5. The topological polar surface area (TPSA) is 164 Å². The average Bonchev–Trinajstić information content (AvgIpc) is 3.09. The summed E-state index contributed by atoms with van der Waals surface area (Å²) in [5, 5.41) is 50.8. The number of methoxy groups -OCH3 is 1. The molecule has 1 saturated carbocycles. The number of aliphatic hydroxyl groups is 5. The summed E-state index contributed by atoms with van der Waals surface area (Å²) in [6, 6.07) is 6.44. The van der Waals surface area contributed by atoms with Gasteiger partial charge < -0.3 is 49.2 Å². The molecule has 0 radical (unpaired) electrons. The summed E-state index contributed by atoms with van der Waals surface area (Å²) in [6.45, 7) is 0.960. The SMILES string of the molecule is COc1ccc(C(=O)O[C@@H]2C[C@](C)(O)[C@H]3[C@H](O[C@@H]4O[C@H](CO)[C@@H](O)[C@H](O)[C@H]4O)OC=C[C@@H]32)cc1. The van der Waals surface area contributed by atoms with Crippen LogP contribution < -0.4 is 4.74 Å². The Balaban J connectivity index is 1.48. The van der Waals surface area contributed by atoms with Crippen molar-refractivity contribution in [3.8, 4) is 5.75 Å². The summed E-state index contributed by atoms with van der Waals surface area (Å²) in [7, 11) is 1.52. The zero-order valence-corrected chi connectivity index (χ0v) is 18.8. The van der Waals surface area contributed by atoms with Gasteiger partial charge in [-0.3, -0.25) is 0 Å². The normalized spacial score (nSPS) is 41.4. The van der Waals surface area contributed by atoms with E-state index in [2.05, 4.69) is 0 Å². The molecule has 1 aromatic rings. The molecule has 0 aromatic heterocycles. The van der Waals surface area contributed by atoms with E-state index in [1.807, 2.05) is 0 Å². The molecule has 1 aromatic carbocycles. The molecule has 11 nitrogen and oxygen atoms in total. The van der Waals surface area contributed by atoms with E-state index in [9.17, 15) is 30.3 Å². The number of fused-ring (bicyclic) bond motifs is 1. The third-order valence-corrected chi connectivity index (χ3v) is 6.68. The van der Waals surface area contributed by atoms with Gasteiger partial charge in [-0.05, 0) is 37.3 Å². The lowest BCUT2D eigenvalue weighted by atomic mass is 9.85. The van der Waals surface area contributed by atoms with Crippen LogP contribution in [0.25, 0.3) is 0 Å². The number of hydrogen-bond donors (Lipinski definition) is 5. The van der Waals surface area contributed by atoms with Crippen LogP contribution in [0.1, 0.15) is 23.7 Å². The molecule has 2 fully saturated rings. The molecule has 2 aliphatic heterocycles. The molecule has 5 N–H and O–H groups in total. The Morgan fingerprint density at radius 1 is 1.12 bits per heavy atom. The number of carbonyl (C=O) groups is 1. The van der Waals surface area contributed by atoms with Gasteiger partial charge in [0.2, 0.25) is 6.29 Å². The van der Waals surface area contributed by atoms with E-state index in [4.69, 9.17) is 23.7 Å². The Morgan fingerprint density at radius 3 is 2.47 bits per heavy atom. The number of benzene rings is 1. The van der Waals surface area contributed by atoms with E-state index in [0.717, 1.165) is 0 Å². The highest BCUT2D eigenvalue weighted by atomic mass is 16.8. The van der Waals surface area contributed by atoms with Crippen molar-refractivity contribution in [1.29, 1.82) is 0 Å². The summed E-state index contributed by atoms with van der Waals surface area (Å²) < 4.78 is 27.5. The first-order valence-electron chi connectivity index (χ1n) is 11.0. The molecule has 0 spiro atoms. The molecule has 34 heavy (non-hydrogen) atoms. The summed E-state index contributed by atoms with van der Waals surface area (Å²) in [4.78, 5) is 12.7.